The minimum atomic E-state index is -3.09. The molecular formula is C8H16GeO4. The van der Waals surface area contributed by atoms with Gasteiger partial charge in [0.05, 0.1) is 0 Å². The maximum absolute atomic E-state index is 10.8. The number of carbonyl (C=O) groups is 2. The summed E-state index contributed by atoms with van der Waals surface area (Å²) in [6, 6.07) is 0. The Morgan fingerprint density at radius 1 is 1.00 bits per heavy atom. The van der Waals surface area contributed by atoms with Crippen molar-refractivity contribution in [2.24, 2.45) is 0 Å². The Kier molecular flexibility index (Phi) is 5.05. The Hall–Kier alpha value is -0.517. The third-order valence-corrected chi connectivity index (χ3v) is 9.02. The predicted molar refractivity (Wildman–Crippen MR) is 50.2 cm³/mol. The van der Waals surface area contributed by atoms with Gasteiger partial charge < -0.3 is 0 Å². The first kappa shape index (κ1) is 12.5. The number of rotatable bonds is 4. The molecule has 0 spiro atoms. The maximum atomic E-state index is 10.8. The van der Waals surface area contributed by atoms with Crippen LogP contribution in [0.25, 0.3) is 0 Å². The van der Waals surface area contributed by atoms with Crippen molar-refractivity contribution < 1.29 is 17.1 Å². The molecule has 0 atom stereocenters. The molecular weight excluding hydrogens is 233 g/mol. The van der Waals surface area contributed by atoms with Crippen molar-refractivity contribution in [1.82, 2.24) is 0 Å². The van der Waals surface area contributed by atoms with Crippen molar-refractivity contribution in [2.45, 2.75) is 38.2 Å². The molecule has 0 aliphatic rings. The van der Waals surface area contributed by atoms with Crippen LogP contribution in [0.2, 0.25) is 10.5 Å². The average Bonchev–Trinajstić information content (AvgIpc) is 2.01. The summed E-state index contributed by atoms with van der Waals surface area (Å²) >= 11 is -3.09. The van der Waals surface area contributed by atoms with Crippen LogP contribution in [0, 0.1) is 0 Å². The van der Waals surface area contributed by atoms with Gasteiger partial charge in [-0.3, -0.25) is 0 Å². The van der Waals surface area contributed by atoms with Crippen LogP contribution in [0.5, 0.6) is 0 Å². The van der Waals surface area contributed by atoms with Crippen LogP contribution >= 0.6 is 0 Å². The van der Waals surface area contributed by atoms with Gasteiger partial charge in [-0.1, -0.05) is 0 Å². The first-order chi connectivity index (χ1) is 5.95. The fourth-order valence-corrected chi connectivity index (χ4v) is 5.63. The Labute approximate surface area is 81.6 Å². The van der Waals surface area contributed by atoms with Crippen LogP contribution in [0.4, 0.5) is 0 Å². The van der Waals surface area contributed by atoms with Crippen molar-refractivity contribution in [3.63, 3.8) is 0 Å². The van der Waals surface area contributed by atoms with E-state index in [-0.39, 0.29) is 11.9 Å². The molecule has 0 saturated carbocycles. The number of hydrogen-bond donors (Lipinski definition) is 0. The zero-order valence-electron chi connectivity index (χ0n) is 8.55. The van der Waals surface area contributed by atoms with Crippen molar-refractivity contribution in [3.05, 3.63) is 0 Å². The summed E-state index contributed by atoms with van der Waals surface area (Å²) in [5, 5.41) is 1.30. The first-order valence-electron chi connectivity index (χ1n) is 4.35. The average molecular weight is 249 g/mol. The van der Waals surface area contributed by atoms with E-state index >= 15 is 0 Å². The molecule has 0 bridgehead atoms. The fraction of sp³-hybridized carbons (Fsp3) is 0.750. The van der Waals surface area contributed by atoms with Gasteiger partial charge in [0.15, 0.2) is 0 Å². The van der Waals surface area contributed by atoms with E-state index < -0.39 is 13.9 Å². The molecule has 13 heavy (non-hydrogen) atoms. The van der Waals surface area contributed by atoms with Crippen molar-refractivity contribution in [1.29, 1.82) is 0 Å². The van der Waals surface area contributed by atoms with E-state index in [9.17, 15) is 9.59 Å². The molecule has 0 aromatic carbocycles. The third-order valence-electron chi connectivity index (χ3n) is 1.74. The predicted octanol–water partition coefficient (Wildman–Crippen LogP) is 1.59. The van der Waals surface area contributed by atoms with E-state index in [2.05, 4.69) is 0 Å². The molecule has 0 heterocycles. The molecule has 76 valence electrons. The molecule has 0 fully saturated rings. The van der Waals surface area contributed by atoms with Crippen LogP contribution in [-0.2, 0) is 17.1 Å². The SMILES string of the molecule is C[CH2][Ge]([CH2]C)([O]C(C)=O)[O]C(C)=O. The van der Waals surface area contributed by atoms with Crippen LogP contribution in [-0.4, -0.2) is 25.9 Å². The molecule has 0 aromatic heterocycles. The van der Waals surface area contributed by atoms with Gasteiger partial charge in [-0.15, -0.1) is 0 Å². The van der Waals surface area contributed by atoms with Crippen LogP contribution in [0.15, 0.2) is 0 Å². The van der Waals surface area contributed by atoms with E-state index in [0.717, 1.165) is 0 Å². The van der Waals surface area contributed by atoms with Gasteiger partial charge in [0.1, 0.15) is 0 Å². The van der Waals surface area contributed by atoms with Gasteiger partial charge in [0.25, 0.3) is 0 Å². The standard InChI is InChI=1S/C8H16GeO4/c1-5-9(6-2,12-7(3)10)13-8(4)11/h5-6H2,1-4H3. The normalized spacial score (nSPS) is 10.8. The minimum absolute atomic E-state index is 0.357. The monoisotopic (exact) mass is 250 g/mol. The van der Waals surface area contributed by atoms with Gasteiger partial charge >= 0.3 is 81.2 Å². The molecule has 4 nitrogen and oxygen atoms in total. The molecule has 0 aromatic rings. The van der Waals surface area contributed by atoms with E-state index in [1.807, 2.05) is 13.8 Å². The second-order valence-corrected chi connectivity index (χ2v) is 10.5. The topological polar surface area (TPSA) is 52.6 Å². The molecule has 0 radical (unpaired) electrons. The van der Waals surface area contributed by atoms with Gasteiger partial charge in [0, 0.05) is 0 Å². The van der Waals surface area contributed by atoms with Crippen LogP contribution in [0.3, 0.4) is 0 Å². The third kappa shape index (κ3) is 4.31. The molecule has 0 aliphatic heterocycles. The zero-order valence-corrected chi connectivity index (χ0v) is 10.6. The van der Waals surface area contributed by atoms with E-state index in [4.69, 9.17) is 7.53 Å². The summed E-state index contributed by atoms with van der Waals surface area (Å²) < 4.78 is 10.3. The molecule has 0 saturated heterocycles. The Bertz CT molecular complexity index is 180. The van der Waals surface area contributed by atoms with Crippen molar-refractivity contribution >= 4 is 25.9 Å². The summed E-state index contributed by atoms with van der Waals surface area (Å²) in [6.45, 7) is 6.45. The van der Waals surface area contributed by atoms with E-state index in [1.54, 1.807) is 0 Å². The molecule has 0 rings (SSSR count). The van der Waals surface area contributed by atoms with Crippen LogP contribution in [0.1, 0.15) is 27.7 Å². The number of hydrogen-bond acceptors (Lipinski definition) is 4. The van der Waals surface area contributed by atoms with Gasteiger partial charge in [-0.2, -0.15) is 0 Å². The summed E-state index contributed by atoms with van der Waals surface area (Å²) in [5.41, 5.74) is 0. The Morgan fingerprint density at radius 3 is 1.46 bits per heavy atom. The second-order valence-electron chi connectivity index (χ2n) is 2.81. The van der Waals surface area contributed by atoms with Gasteiger partial charge in [-0.05, 0) is 0 Å². The summed E-state index contributed by atoms with van der Waals surface area (Å²) in [5.74, 6) is -0.713. The fourth-order valence-electron chi connectivity index (χ4n) is 1.08. The summed E-state index contributed by atoms with van der Waals surface area (Å²) in [7, 11) is 0. The summed E-state index contributed by atoms with van der Waals surface area (Å²) in [6.07, 6.45) is 0. The van der Waals surface area contributed by atoms with E-state index in [1.165, 1.54) is 13.8 Å². The first-order valence-corrected chi connectivity index (χ1v) is 9.03. The summed E-state index contributed by atoms with van der Waals surface area (Å²) in [4.78, 5) is 21.6. The van der Waals surface area contributed by atoms with Crippen molar-refractivity contribution in [3.8, 4) is 0 Å². The zero-order chi connectivity index (χ0) is 10.5. The van der Waals surface area contributed by atoms with Gasteiger partial charge in [0.2, 0.25) is 0 Å². The molecule has 0 N–H and O–H groups in total. The number of carbonyl (C=O) groups excluding carboxylic acids is 2. The molecule has 0 aliphatic carbocycles. The Balaban J connectivity index is 4.48. The van der Waals surface area contributed by atoms with Crippen molar-refractivity contribution in [2.75, 3.05) is 0 Å². The van der Waals surface area contributed by atoms with Crippen LogP contribution < -0.4 is 0 Å². The Morgan fingerprint density at radius 2 is 1.31 bits per heavy atom. The van der Waals surface area contributed by atoms with Gasteiger partial charge in [-0.25, -0.2) is 0 Å². The second kappa shape index (κ2) is 5.26. The molecule has 0 amide bonds. The van der Waals surface area contributed by atoms with E-state index in [0.29, 0.717) is 10.5 Å². The molecule has 5 heteroatoms. The quantitative estimate of drug-likeness (QED) is 0.710. The molecule has 0 unspecified atom stereocenters.